The van der Waals surface area contributed by atoms with Gasteiger partial charge in [0.25, 0.3) is 5.56 Å². The van der Waals surface area contributed by atoms with Crippen LogP contribution in [0.15, 0.2) is 29.1 Å². The van der Waals surface area contributed by atoms with E-state index >= 15 is 0 Å². The number of H-pyrrole nitrogens is 1. The van der Waals surface area contributed by atoms with Gasteiger partial charge >= 0.3 is 0 Å². The predicted molar refractivity (Wildman–Crippen MR) is 69.5 cm³/mol. The molecule has 1 aromatic carbocycles. The summed E-state index contributed by atoms with van der Waals surface area (Å²) in [6.45, 7) is 0.306. The monoisotopic (exact) mass is 251 g/mol. The number of aliphatic hydroxyl groups excluding tert-OH is 1. The van der Waals surface area contributed by atoms with Gasteiger partial charge in [0.15, 0.2) is 4.77 Å². The van der Waals surface area contributed by atoms with E-state index in [-0.39, 0.29) is 12.2 Å². The fraction of sp³-hybridized carbons (Fsp3) is 0.273. The van der Waals surface area contributed by atoms with E-state index in [1.165, 1.54) is 4.68 Å². The van der Waals surface area contributed by atoms with E-state index in [0.717, 1.165) is 5.52 Å². The van der Waals surface area contributed by atoms with E-state index in [9.17, 15) is 4.79 Å². The number of para-hydroxylation sites is 1. The molecular formula is C11H13N3O2S. The van der Waals surface area contributed by atoms with Crippen molar-refractivity contribution in [1.29, 1.82) is 0 Å². The maximum absolute atomic E-state index is 12.2. The Kier molecular flexibility index (Phi) is 3.26. The Balaban J connectivity index is 2.72. The molecule has 0 amide bonds. The van der Waals surface area contributed by atoms with E-state index in [1.807, 2.05) is 12.1 Å². The highest BCUT2D eigenvalue weighted by atomic mass is 32.1. The van der Waals surface area contributed by atoms with Crippen LogP contribution in [0.1, 0.15) is 0 Å². The third-order valence-corrected chi connectivity index (χ3v) is 2.82. The van der Waals surface area contributed by atoms with Crippen molar-refractivity contribution in [1.82, 2.24) is 9.66 Å². The molecule has 0 aliphatic carbocycles. The Bertz CT molecular complexity index is 647. The van der Waals surface area contributed by atoms with Gasteiger partial charge in [-0.3, -0.25) is 4.79 Å². The molecule has 0 spiro atoms. The lowest BCUT2D eigenvalue weighted by atomic mass is 10.2. The summed E-state index contributed by atoms with van der Waals surface area (Å²) in [5.74, 6) is 0. The molecule has 5 nitrogen and oxygen atoms in total. The van der Waals surface area contributed by atoms with Crippen molar-refractivity contribution in [3.63, 3.8) is 0 Å². The normalized spacial score (nSPS) is 10.7. The fourth-order valence-electron chi connectivity index (χ4n) is 1.71. The fourth-order valence-corrected chi connectivity index (χ4v) is 2.04. The number of nitrogens with one attached hydrogen (secondary N) is 1. The average molecular weight is 251 g/mol. The maximum Gasteiger partial charge on any atom is 0.280 e. The van der Waals surface area contributed by atoms with Gasteiger partial charge in [0.1, 0.15) is 0 Å². The number of aromatic nitrogens is 2. The topological polar surface area (TPSA) is 61.3 Å². The zero-order chi connectivity index (χ0) is 12.4. The van der Waals surface area contributed by atoms with Gasteiger partial charge in [0, 0.05) is 7.05 Å². The number of nitrogens with zero attached hydrogens (tertiary/aromatic N) is 2. The summed E-state index contributed by atoms with van der Waals surface area (Å²) >= 11 is 5.14. The molecule has 1 heterocycles. The number of rotatable bonds is 3. The molecule has 0 radical (unpaired) electrons. The lowest BCUT2D eigenvalue weighted by Gasteiger charge is -2.20. The van der Waals surface area contributed by atoms with E-state index in [0.29, 0.717) is 16.7 Å². The second-order valence-electron chi connectivity index (χ2n) is 3.70. The van der Waals surface area contributed by atoms with E-state index in [2.05, 4.69) is 4.98 Å². The number of aromatic amines is 1. The van der Waals surface area contributed by atoms with Crippen molar-refractivity contribution >= 4 is 23.1 Å². The Labute approximate surface area is 103 Å². The molecule has 17 heavy (non-hydrogen) atoms. The van der Waals surface area contributed by atoms with Crippen LogP contribution < -0.4 is 10.6 Å². The van der Waals surface area contributed by atoms with Crippen molar-refractivity contribution in [3.05, 3.63) is 39.4 Å². The second-order valence-corrected chi connectivity index (χ2v) is 4.08. The molecule has 90 valence electrons. The van der Waals surface area contributed by atoms with Gasteiger partial charge in [-0.2, -0.15) is 4.68 Å². The van der Waals surface area contributed by atoms with E-state index in [4.69, 9.17) is 17.3 Å². The first kappa shape index (κ1) is 11.8. The van der Waals surface area contributed by atoms with Gasteiger partial charge in [-0.1, -0.05) is 12.1 Å². The Morgan fingerprint density at radius 1 is 1.47 bits per heavy atom. The van der Waals surface area contributed by atoms with Crippen LogP contribution >= 0.6 is 12.2 Å². The first-order chi connectivity index (χ1) is 8.15. The first-order valence-corrected chi connectivity index (χ1v) is 5.62. The lowest BCUT2D eigenvalue weighted by Crippen LogP contribution is -2.41. The molecule has 0 atom stereocenters. The lowest BCUT2D eigenvalue weighted by molar-refractivity contribution is 0.294. The largest absolute Gasteiger partial charge is 0.394 e. The Morgan fingerprint density at radius 2 is 2.18 bits per heavy atom. The molecule has 1 aromatic heterocycles. The zero-order valence-corrected chi connectivity index (χ0v) is 10.2. The SMILES string of the molecule is CN(CCO)n1c(=S)[nH]c2ccccc2c1=O. The van der Waals surface area contributed by atoms with Gasteiger partial charge in [-0.25, -0.2) is 0 Å². The standard InChI is InChI=1S/C11H13N3O2S/c1-13(6-7-15)14-10(16)8-4-2-3-5-9(8)12-11(14)17/h2-5,15H,6-7H2,1H3,(H,12,17). The Morgan fingerprint density at radius 3 is 2.88 bits per heavy atom. The molecule has 2 N–H and O–H groups in total. The summed E-state index contributed by atoms with van der Waals surface area (Å²) in [6.07, 6.45) is 0. The maximum atomic E-state index is 12.2. The highest BCUT2D eigenvalue weighted by Gasteiger charge is 2.07. The summed E-state index contributed by atoms with van der Waals surface area (Å²) < 4.78 is 1.68. The molecule has 0 fully saturated rings. The summed E-state index contributed by atoms with van der Waals surface area (Å²) in [6, 6.07) is 7.20. The van der Waals surface area contributed by atoms with Crippen molar-refractivity contribution in [2.45, 2.75) is 0 Å². The molecule has 0 bridgehead atoms. The first-order valence-electron chi connectivity index (χ1n) is 5.21. The van der Waals surface area contributed by atoms with Gasteiger partial charge in [0.2, 0.25) is 0 Å². The van der Waals surface area contributed by atoms with Gasteiger partial charge < -0.3 is 15.1 Å². The van der Waals surface area contributed by atoms with Crippen molar-refractivity contribution in [3.8, 4) is 0 Å². The minimum atomic E-state index is -0.180. The summed E-state index contributed by atoms with van der Waals surface area (Å²) in [5.41, 5.74) is 0.538. The quantitative estimate of drug-likeness (QED) is 0.785. The number of aliphatic hydroxyl groups is 1. The minimum absolute atomic E-state index is 0.0372. The molecule has 6 heteroatoms. The van der Waals surface area contributed by atoms with Crippen LogP contribution in [-0.4, -0.2) is 35.0 Å². The van der Waals surface area contributed by atoms with Crippen molar-refractivity contribution in [2.24, 2.45) is 0 Å². The molecule has 0 aliphatic rings. The highest BCUT2D eigenvalue weighted by Crippen LogP contribution is 2.05. The van der Waals surface area contributed by atoms with Gasteiger partial charge in [-0.15, -0.1) is 0 Å². The number of benzene rings is 1. The van der Waals surface area contributed by atoms with Crippen LogP contribution in [0.2, 0.25) is 0 Å². The smallest absolute Gasteiger partial charge is 0.280 e. The second kappa shape index (κ2) is 4.68. The average Bonchev–Trinajstić information content (AvgIpc) is 2.29. The number of hydrogen-bond donors (Lipinski definition) is 2. The molecule has 0 unspecified atom stereocenters. The Hall–Kier alpha value is -1.66. The number of fused-ring (bicyclic) bond motifs is 1. The molecule has 0 saturated heterocycles. The van der Waals surface area contributed by atoms with Crippen LogP contribution in [0.4, 0.5) is 0 Å². The number of likely N-dealkylation sites (N-methyl/N-ethyl adjacent to an activating group) is 1. The van der Waals surface area contributed by atoms with Gasteiger partial charge in [0.05, 0.1) is 24.1 Å². The molecule has 0 saturated carbocycles. The summed E-state index contributed by atoms with van der Waals surface area (Å²) in [7, 11) is 1.70. The van der Waals surface area contributed by atoms with Crippen LogP contribution in [0.5, 0.6) is 0 Å². The zero-order valence-electron chi connectivity index (χ0n) is 9.38. The van der Waals surface area contributed by atoms with Crippen LogP contribution in [0.3, 0.4) is 0 Å². The van der Waals surface area contributed by atoms with Crippen LogP contribution in [0.25, 0.3) is 10.9 Å². The van der Waals surface area contributed by atoms with Crippen LogP contribution in [0, 0.1) is 4.77 Å². The van der Waals surface area contributed by atoms with E-state index < -0.39 is 0 Å². The van der Waals surface area contributed by atoms with Crippen LogP contribution in [-0.2, 0) is 0 Å². The summed E-state index contributed by atoms with van der Waals surface area (Å²) in [5, 5.41) is 11.1. The molecular weight excluding hydrogens is 238 g/mol. The van der Waals surface area contributed by atoms with Gasteiger partial charge in [-0.05, 0) is 24.4 Å². The minimum Gasteiger partial charge on any atom is -0.394 e. The summed E-state index contributed by atoms with van der Waals surface area (Å²) in [4.78, 5) is 15.2. The predicted octanol–water partition coefficient (Wildman–Crippen LogP) is 0.619. The third-order valence-electron chi connectivity index (χ3n) is 2.55. The molecule has 2 aromatic rings. The highest BCUT2D eigenvalue weighted by molar-refractivity contribution is 7.71. The molecule has 2 rings (SSSR count). The third kappa shape index (κ3) is 2.09. The number of hydrogen-bond acceptors (Lipinski definition) is 4. The van der Waals surface area contributed by atoms with Crippen molar-refractivity contribution in [2.75, 3.05) is 25.2 Å². The van der Waals surface area contributed by atoms with E-state index in [1.54, 1.807) is 24.2 Å². The molecule has 0 aliphatic heterocycles. The van der Waals surface area contributed by atoms with Crippen molar-refractivity contribution < 1.29 is 5.11 Å².